The lowest BCUT2D eigenvalue weighted by molar-refractivity contribution is -0.923. The zero-order valence-electron chi connectivity index (χ0n) is 10.8. The summed E-state index contributed by atoms with van der Waals surface area (Å²) in [4.78, 5) is 0. The van der Waals surface area contributed by atoms with Crippen molar-refractivity contribution in [1.82, 2.24) is 0 Å². The number of nitrogens with zero attached hydrogens (tertiary/aromatic N) is 1. The summed E-state index contributed by atoms with van der Waals surface area (Å²) in [5.41, 5.74) is 0. The van der Waals surface area contributed by atoms with Crippen molar-refractivity contribution in [2.75, 3.05) is 32.8 Å². The summed E-state index contributed by atoms with van der Waals surface area (Å²) in [6.45, 7) is 12.7. The molecule has 0 saturated heterocycles. The molecule has 15 heavy (non-hydrogen) atoms. The molecule has 1 aliphatic rings. The second-order valence-corrected chi connectivity index (χ2v) is 4.79. The van der Waals surface area contributed by atoms with Crippen LogP contribution in [0.1, 0.15) is 46.5 Å². The van der Waals surface area contributed by atoms with Gasteiger partial charge in [0, 0.05) is 0 Å². The highest BCUT2D eigenvalue weighted by Gasteiger charge is 2.22. The third kappa shape index (κ3) is 3.76. The molecule has 1 aliphatic carbocycles. The maximum atomic E-state index is 5.95. The Hall–Kier alpha value is -0.0800. The number of hydrogen-bond acceptors (Lipinski definition) is 1. The van der Waals surface area contributed by atoms with Gasteiger partial charge < -0.3 is 9.22 Å². The first-order valence-electron chi connectivity index (χ1n) is 6.73. The highest BCUT2D eigenvalue weighted by molar-refractivity contribution is 4.66. The molecule has 0 atom stereocenters. The van der Waals surface area contributed by atoms with E-state index in [0.717, 1.165) is 6.61 Å². The van der Waals surface area contributed by atoms with Gasteiger partial charge >= 0.3 is 0 Å². The van der Waals surface area contributed by atoms with E-state index >= 15 is 0 Å². The largest absolute Gasteiger partial charge is 0.372 e. The molecule has 0 N–H and O–H groups in total. The van der Waals surface area contributed by atoms with Crippen LogP contribution in [0.15, 0.2) is 0 Å². The maximum absolute atomic E-state index is 5.95. The number of ether oxygens (including phenoxy) is 1. The molecule has 0 aromatic heterocycles. The van der Waals surface area contributed by atoms with Crippen LogP contribution in [0.2, 0.25) is 0 Å². The Morgan fingerprint density at radius 2 is 1.53 bits per heavy atom. The number of likely N-dealkylation sites (N-methyl/N-ethyl adjacent to an activating group) is 1. The Balaban J connectivity index is 2.21. The van der Waals surface area contributed by atoms with Crippen molar-refractivity contribution in [2.45, 2.75) is 52.6 Å². The summed E-state index contributed by atoms with van der Waals surface area (Å²) in [6, 6.07) is 0. The Kier molecular flexibility index (Phi) is 5.62. The summed E-state index contributed by atoms with van der Waals surface area (Å²) in [6.07, 6.45) is 5.92. The van der Waals surface area contributed by atoms with Crippen molar-refractivity contribution in [1.29, 1.82) is 0 Å². The van der Waals surface area contributed by atoms with Gasteiger partial charge in [0.2, 0.25) is 0 Å². The van der Waals surface area contributed by atoms with Crippen molar-refractivity contribution in [3.63, 3.8) is 0 Å². The molecule has 90 valence electrons. The van der Waals surface area contributed by atoms with Crippen molar-refractivity contribution in [2.24, 2.45) is 0 Å². The van der Waals surface area contributed by atoms with Gasteiger partial charge in [0.05, 0.1) is 32.3 Å². The number of hydrogen-bond donors (Lipinski definition) is 0. The Morgan fingerprint density at radius 3 is 2.00 bits per heavy atom. The average Bonchev–Trinajstić information content (AvgIpc) is 2.78. The highest BCUT2D eigenvalue weighted by Crippen LogP contribution is 2.21. The van der Waals surface area contributed by atoms with E-state index in [9.17, 15) is 0 Å². The molecule has 0 radical (unpaired) electrons. The van der Waals surface area contributed by atoms with Crippen molar-refractivity contribution < 1.29 is 9.22 Å². The van der Waals surface area contributed by atoms with E-state index in [1.54, 1.807) is 0 Å². The van der Waals surface area contributed by atoms with Crippen LogP contribution in [0.3, 0.4) is 0 Å². The highest BCUT2D eigenvalue weighted by atomic mass is 16.5. The van der Waals surface area contributed by atoms with Gasteiger partial charge in [-0.3, -0.25) is 0 Å². The minimum atomic E-state index is 0.581. The fourth-order valence-corrected chi connectivity index (χ4v) is 2.61. The first-order valence-corrected chi connectivity index (χ1v) is 6.73. The third-order valence-corrected chi connectivity index (χ3v) is 4.23. The smallest absolute Gasteiger partial charge is 0.102 e. The van der Waals surface area contributed by atoms with Crippen LogP contribution in [0.5, 0.6) is 0 Å². The summed E-state index contributed by atoms with van der Waals surface area (Å²) in [5.74, 6) is 0. The summed E-state index contributed by atoms with van der Waals surface area (Å²) >= 11 is 0. The van der Waals surface area contributed by atoms with Gasteiger partial charge in [0.15, 0.2) is 0 Å². The molecular formula is C13H28NO+. The normalized spacial score (nSPS) is 18.6. The van der Waals surface area contributed by atoms with Crippen LogP contribution in [0.4, 0.5) is 0 Å². The van der Waals surface area contributed by atoms with Gasteiger partial charge in [0.25, 0.3) is 0 Å². The fraction of sp³-hybridized carbons (Fsp3) is 1.00. The summed E-state index contributed by atoms with van der Waals surface area (Å²) in [5, 5.41) is 0. The molecule has 0 amide bonds. The average molecular weight is 214 g/mol. The van der Waals surface area contributed by atoms with E-state index in [1.807, 2.05) is 0 Å². The van der Waals surface area contributed by atoms with Crippen molar-refractivity contribution >= 4 is 0 Å². The second kappa shape index (κ2) is 6.49. The molecule has 1 fully saturated rings. The topological polar surface area (TPSA) is 9.23 Å². The molecule has 1 saturated carbocycles. The molecule has 2 nitrogen and oxygen atoms in total. The number of rotatable bonds is 7. The Labute approximate surface area is 95.2 Å². The monoisotopic (exact) mass is 214 g/mol. The van der Waals surface area contributed by atoms with Crippen LogP contribution in [0, 0.1) is 0 Å². The van der Waals surface area contributed by atoms with E-state index in [-0.39, 0.29) is 0 Å². The Bertz CT molecular complexity index is 152. The molecule has 1 rings (SSSR count). The summed E-state index contributed by atoms with van der Waals surface area (Å²) in [7, 11) is 0. The van der Waals surface area contributed by atoms with E-state index in [4.69, 9.17) is 4.74 Å². The first-order chi connectivity index (χ1) is 7.26. The third-order valence-electron chi connectivity index (χ3n) is 4.23. The van der Waals surface area contributed by atoms with Gasteiger partial charge in [-0.25, -0.2) is 0 Å². The van der Waals surface area contributed by atoms with Crippen LogP contribution in [-0.2, 0) is 4.74 Å². The molecule has 0 unspecified atom stereocenters. The minimum absolute atomic E-state index is 0.581. The minimum Gasteiger partial charge on any atom is -0.372 e. The van der Waals surface area contributed by atoms with Gasteiger partial charge in [-0.1, -0.05) is 12.8 Å². The van der Waals surface area contributed by atoms with Crippen molar-refractivity contribution in [3.8, 4) is 0 Å². The molecule has 0 heterocycles. The molecule has 0 aromatic carbocycles. The van der Waals surface area contributed by atoms with Gasteiger partial charge in [0.1, 0.15) is 6.54 Å². The van der Waals surface area contributed by atoms with E-state index in [0.29, 0.717) is 6.10 Å². The predicted molar refractivity (Wildman–Crippen MR) is 65.0 cm³/mol. The number of quaternary nitrogens is 1. The lowest BCUT2D eigenvalue weighted by Crippen LogP contribution is -2.49. The van der Waals surface area contributed by atoms with Crippen LogP contribution in [-0.4, -0.2) is 43.4 Å². The predicted octanol–water partition coefficient (Wildman–Crippen LogP) is 2.82. The SMILES string of the molecule is CC[N+](CC)(CC)CCOC1CCCC1. The van der Waals surface area contributed by atoms with Crippen LogP contribution >= 0.6 is 0 Å². The zero-order chi connectivity index (χ0) is 11.1. The first kappa shape index (κ1) is 13.0. The molecule has 0 spiro atoms. The van der Waals surface area contributed by atoms with E-state index in [2.05, 4.69) is 20.8 Å². The fourth-order valence-electron chi connectivity index (χ4n) is 2.61. The van der Waals surface area contributed by atoms with Crippen molar-refractivity contribution in [3.05, 3.63) is 0 Å². The lowest BCUT2D eigenvalue weighted by Gasteiger charge is -2.35. The van der Waals surface area contributed by atoms with Gasteiger partial charge in [-0.05, 0) is 33.6 Å². The van der Waals surface area contributed by atoms with E-state index in [1.165, 1.54) is 56.3 Å². The van der Waals surface area contributed by atoms with E-state index < -0.39 is 0 Å². The molecule has 0 aromatic rings. The maximum Gasteiger partial charge on any atom is 0.102 e. The quantitative estimate of drug-likeness (QED) is 0.592. The lowest BCUT2D eigenvalue weighted by atomic mass is 10.3. The summed E-state index contributed by atoms with van der Waals surface area (Å²) < 4.78 is 7.16. The van der Waals surface area contributed by atoms with Gasteiger partial charge in [-0.2, -0.15) is 0 Å². The molecule has 0 aliphatic heterocycles. The Morgan fingerprint density at radius 1 is 1.00 bits per heavy atom. The second-order valence-electron chi connectivity index (χ2n) is 4.79. The van der Waals surface area contributed by atoms with Gasteiger partial charge in [-0.15, -0.1) is 0 Å². The van der Waals surface area contributed by atoms with Crippen LogP contribution in [0.25, 0.3) is 0 Å². The standard InChI is InChI=1S/C13H28NO/c1-4-14(5-2,6-3)11-12-15-13-9-7-8-10-13/h13H,4-12H2,1-3H3/q+1. The van der Waals surface area contributed by atoms with Crippen LogP contribution < -0.4 is 0 Å². The molecular weight excluding hydrogens is 186 g/mol. The zero-order valence-corrected chi connectivity index (χ0v) is 10.8. The molecule has 2 heteroatoms. The molecule has 0 bridgehead atoms.